The number of nitrogens with one attached hydrogen (secondary N) is 1. The lowest BCUT2D eigenvalue weighted by Crippen LogP contribution is -2.58. The van der Waals surface area contributed by atoms with E-state index in [1.807, 2.05) is 0 Å². The Labute approximate surface area is 172 Å². The van der Waals surface area contributed by atoms with Gasteiger partial charge in [-0.2, -0.15) is 0 Å². The molecule has 6 atom stereocenters. The molecule has 29 heavy (non-hydrogen) atoms. The summed E-state index contributed by atoms with van der Waals surface area (Å²) in [5.41, 5.74) is 4.71. The summed E-state index contributed by atoms with van der Waals surface area (Å²) in [4.78, 5) is 23.9. The second-order valence-corrected chi connectivity index (χ2v) is 9.44. The van der Waals surface area contributed by atoms with Crippen molar-refractivity contribution >= 4 is 12.0 Å². The highest BCUT2D eigenvalue weighted by atomic mass is 16.6. The van der Waals surface area contributed by atoms with Gasteiger partial charge in [0.25, 0.3) is 0 Å². The number of allylic oxidation sites excluding steroid dienone is 1. The minimum Gasteiger partial charge on any atom is -0.443 e. The normalized spacial score (nSPS) is 38.3. The molecule has 0 aromatic heterocycles. The maximum Gasteiger partial charge on any atom is 0.408 e. The van der Waals surface area contributed by atoms with Crippen molar-refractivity contribution in [2.24, 2.45) is 11.7 Å². The average molecular weight is 411 g/mol. The number of hydrogen-bond acceptors (Lipinski definition) is 6. The van der Waals surface area contributed by atoms with Crippen LogP contribution in [0.4, 0.5) is 4.79 Å². The zero-order chi connectivity index (χ0) is 21.6. The Balaban J connectivity index is 1.73. The summed E-state index contributed by atoms with van der Waals surface area (Å²) in [6.07, 6.45) is 2.97. The number of rotatable bonds is 7. The zero-order valence-corrected chi connectivity index (χ0v) is 18.2. The highest BCUT2D eigenvalue weighted by Gasteiger charge is 2.72. The molecule has 2 amide bonds. The standard InChI is InChI=1S/C21H34N2O6/c1-12(2)7-8-14-20(5,29-14)16-15(26-6)13(9-10-21(16)11-27-21)28-18(25)23-19(3,4)17(22)24/h7,13-16H,8-11H2,1-6H3,(H2,22,24)(H,23,25)/t13-,14-,15-,16+,20+,21+/m1/s1. The summed E-state index contributed by atoms with van der Waals surface area (Å²) in [6.45, 7) is 9.97. The molecule has 8 heteroatoms. The number of alkyl carbamates (subject to hydrolysis) is 1. The van der Waals surface area contributed by atoms with Crippen molar-refractivity contribution in [3.8, 4) is 0 Å². The molecule has 1 saturated carbocycles. The van der Waals surface area contributed by atoms with Crippen LogP contribution in [0.25, 0.3) is 0 Å². The second kappa shape index (κ2) is 7.56. The third-order valence-electron chi connectivity index (χ3n) is 6.53. The highest BCUT2D eigenvalue weighted by Crippen LogP contribution is 2.59. The maximum atomic E-state index is 12.4. The molecule has 0 aromatic rings. The van der Waals surface area contributed by atoms with Gasteiger partial charge >= 0.3 is 6.09 Å². The van der Waals surface area contributed by atoms with Crippen molar-refractivity contribution in [3.63, 3.8) is 0 Å². The summed E-state index contributed by atoms with van der Waals surface area (Å²) in [7, 11) is 1.62. The Morgan fingerprint density at radius 3 is 2.52 bits per heavy atom. The van der Waals surface area contributed by atoms with E-state index in [4.69, 9.17) is 24.7 Å². The van der Waals surface area contributed by atoms with E-state index in [0.29, 0.717) is 13.0 Å². The molecular weight excluding hydrogens is 376 g/mol. The lowest BCUT2D eigenvalue weighted by Gasteiger charge is -2.42. The van der Waals surface area contributed by atoms with Crippen LogP contribution in [0.3, 0.4) is 0 Å². The van der Waals surface area contributed by atoms with Gasteiger partial charge in [0.1, 0.15) is 28.9 Å². The van der Waals surface area contributed by atoms with E-state index < -0.39 is 29.2 Å². The van der Waals surface area contributed by atoms with E-state index in [-0.39, 0.29) is 23.7 Å². The molecule has 2 heterocycles. The van der Waals surface area contributed by atoms with E-state index >= 15 is 0 Å². The van der Waals surface area contributed by atoms with Crippen molar-refractivity contribution in [3.05, 3.63) is 11.6 Å². The van der Waals surface area contributed by atoms with Gasteiger partial charge in [-0.15, -0.1) is 0 Å². The monoisotopic (exact) mass is 410 g/mol. The van der Waals surface area contributed by atoms with Crippen molar-refractivity contribution in [1.82, 2.24) is 5.32 Å². The molecule has 1 spiro atoms. The molecule has 2 saturated heterocycles. The Morgan fingerprint density at radius 2 is 2.00 bits per heavy atom. The Hall–Kier alpha value is -1.64. The minimum atomic E-state index is -1.20. The van der Waals surface area contributed by atoms with Gasteiger partial charge in [0, 0.05) is 7.11 Å². The van der Waals surface area contributed by atoms with Gasteiger partial charge in [-0.3, -0.25) is 4.79 Å². The fourth-order valence-corrected chi connectivity index (χ4v) is 4.55. The number of nitrogens with two attached hydrogens (primary N) is 1. The second-order valence-electron chi connectivity index (χ2n) is 9.44. The Morgan fingerprint density at radius 1 is 1.34 bits per heavy atom. The van der Waals surface area contributed by atoms with Crippen LogP contribution in [0.15, 0.2) is 11.6 Å². The number of carbonyl (C=O) groups excluding carboxylic acids is 2. The van der Waals surface area contributed by atoms with E-state index in [0.717, 1.165) is 12.8 Å². The summed E-state index contributed by atoms with van der Waals surface area (Å²) >= 11 is 0. The number of ether oxygens (including phenoxy) is 4. The lowest BCUT2D eigenvalue weighted by molar-refractivity contribution is -0.125. The van der Waals surface area contributed by atoms with Crippen molar-refractivity contribution in [2.75, 3.05) is 13.7 Å². The molecular formula is C21H34N2O6. The van der Waals surface area contributed by atoms with Crippen molar-refractivity contribution < 1.29 is 28.5 Å². The van der Waals surface area contributed by atoms with Crippen LogP contribution >= 0.6 is 0 Å². The fraction of sp³-hybridized carbons (Fsp3) is 0.810. The minimum absolute atomic E-state index is 0.0498. The molecule has 1 aliphatic carbocycles. The van der Waals surface area contributed by atoms with Crippen LogP contribution in [0.5, 0.6) is 0 Å². The molecule has 0 aromatic carbocycles. The SMILES string of the molecule is CO[C@H]1[C@@H]([C@@]2(C)O[C@@H]2CC=C(C)C)[C@]2(CC[C@H]1OC(=O)NC(C)(C)C(N)=O)CO2. The number of amides is 2. The van der Waals surface area contributed by atoms with Crippen LogP contribution in [0.2, 0.25) is 0 Å². The van der Waals surface area contributed by atoms with Crippen LogP contribution in [-0.2, 0) is 23.7 Å². The molecule has 0 radical (unpaired) electrons. The average Bonchev–Trinajstić information content (AvgIpc) is 3.52. The molecule has 0 unspecified atom stereocenters. The lowest BCUT2D eigenvalue weighted by atomic mass is 9.68. The van der Waals surface area contributed by atoms with Gasteiger partial charge in [-0.1, -0.05) is 11.6 Å². The molecule has 3 rings (SSSR count). The molecule has 3 N–H and O–H groups in total. The predicted molar refractivity (Wildman–Crippen MR) is 106 cm³/mol. The maximum absolute atomic E-state index is 12.4. The van der Waals surface area contributed by atoms with Crippen LogP contribution in [0.1, 0.15) is 53.9 Å². The number of hydrogen-bond donors (Lipinski definition) is 2. The summed E-state index contributed by atoms with van der Waals surface area (Å²) in [5.74, 6) is -0.683. The van der Waals surface area contributed by atoms with Gasteiger partial charge in [-0.05, 0) is 53.9 Å². The van der Waals surface area contributed by atoms with Gasteiger partial charge in [-0.25, -0.2) is 4.79 Å². The summed E-state index contributed by atoms with van der Waals surface area (Å²) < 4.78 is 23.6. The predicted octanol–water partition coefficient (Wildman–Crippen LogP) is 2.05. The molecule has 8 nitrogen and oxygen atoms in total. The van der Waals surface area contributed by atoms with E-state index in [1.165, 1.54) is 19.4 Å². The first-order valence-electron chi connectivity index (χ1n) is 10.2. The van der Waals surface area contributed by atoms with Crippen LogP contribution in [0, 0.1) is 5.92 Å². The Kier molecular flexibility index (Phi) is 5.75. The topological polar surface area (TPSA) is 116 Å². The van der Waals surface area contributed by atoms with Gasteiger partial charge in [0.15, 0.2) is 0 Å². The summed E-state index contributed by atoms with van der Waals surface area (Å²) in [5, 5.41) is 2.53. The van der Waals surface area contributed by atoms with E-state index in [2.05, 4.69) is 32.2 Å². The first kappa shape index (κ1) is 22.1. The zero-order valence-electron chi connectivity index (χ0n) is 18.2. The van der Waals surface area contributed by atoms with Gasteiger partial charge < -0.3 is 30.0 Å². The fourth-order valence-electron chi connectivity index (χ4n) is 4.55. The third-order valence-corrected chi connectivity index (χ3v) is 6.53. The van der Waals surface area contributed by atoms with Crippen LogP contribution in [-0.4, -0.2) is 60.8 Å². The van der Waals surface area contributed by atoms with E-state index in [1.54, 1.807) is 7.11 Å². The van der Waals surface area contributed by atoms with Crippen molar-refractivity contribution in [1.29, 1.82) is 0 Å². The molecule has 3 fully saturated rings. The largest absolute Gasteiger partial charge is 0.443 e. The number of methoxy groups -OCH3 is 1. The van der Waals surface area contributed by atoms with Gasteiger partial charge in [0.2, 0.25) is 5.91 Å². The quantitative estimate of drug-likeness (QED) is 0.490. The number of epoxide rings is 2. The first-order chi connectivity index (χ1) is 13.4. The number of carbonyl (C=O) groups is 2. The molecule has 0 bridgehead atoms. The first-order valence-corrected chi connectivity index (χ1v) is 10.2. The van der Waals surface area contributed by atoms with Crippen LogP contribution < -0.4 is 11.1 Å². The van der Waals surface area contributed by atoms with E-state index in [9.17, 15) is 9.59 Å². The summed E-state index contributed by atoms with van der Waals surface area (Å²) in [6, 6.07) is 0. The molecule has 164 valence electrons. The third kappa shape index (κ3) is 4.29. The Bertz CT molecular complexity index is 697. The molecule has 2 aliphatic heterocycles. The highest BCUT2D eigenvalue weighted by molar-refractivity contribution is 5.87. The van der Waals surface area contributed by atoms with Gasteiger partial charge in [0.05, 0.1) is 18.6 Å². The molecule has 3 aliphatic rings. The van der Waals surface area contributed by atoms with Crippen molar-refractivity contribution in [2.45, 2.75) is 88.9 Å². The number of primary amides is 1. The smallest absolute Gasteiger partial charge is 0.408 e.